The Kier molecular flexibility index (Phi) is 4.84. The molecular weight excluding hydrogens is 358 g/mol. The minimum absolute atomic E-state index is 0.329. The lowest BCUT2D eigenvalue weighted by atomic mass is 10.0. The van der Waals surface area contributed by atoms with Crippen molar-refractivity contribution in [1.29, 1.82) is 0 Å². The molecule has 0 unspecified atom stereocenters. The van der Waals surface area contributed by atoms with E-state index in [1.807, 2.05) is 0 Å². The molecule has 0 atom stereocenters. The van der Waals surface area contributed by atoms with E-state index < -0.39 is 0 Å². The number of anilines is 2. The summed E-state index contributed by atoms with van der Waals surface area (Å²) in [5, 5.41) is 6.07. The Hall–Kier alpha value is -2.66. The second-order valence-electron chi connectivity index (χ2n) is 8.39. The quantitative estimate of drug-likeness (QED) is 0.742. The molecule has 0 aliphatic carbocycles. The molecule has 5 rings (SSSR count). The van der Waals surface area contributed by atoms with Gasteiger partial charge in [-0.05, 0) is 17.9 Å². The van der Waals surface area contributed by atoms with Gasteiger partial charge in [0.05, 0.1) is 12.2 Å². The van der Waals surface area contributed by atoms with Crippen molar-refractivity contribution in [3.05, 3.63) is 59.5 Å². The highest BCUT2D eigenvalue weighted by atomic mass is 15.2. The van der Waals surface area contributed by atoms with Crippen LogP contribution >= 0.6 is 0 Å². The smallest absolute Gasteiger partial charge is 0.136 e. The van der Waals surface area contributed by atoms with Crippen LogP contribution in [0, 0.1) is 0 Å². The summed E-state index contributed by atoms with van der Waals surface area (Å²) in [6, 6.07) is 15.3. The molecule has 2 aromatic carbocycles. The van der Waals surface area contributed by atoms with Crippen molar-refractivity contribution < 1.29 is 0 Å². The van der Waals surface area contributed by atoms with Crippen LogP contribution in [0.15, 0.2) is 42.5 Å². The van der Waals surface area contributed by atoms with Gasteiger partial charge >= 0.3 is 0 Å². The standard InChI is InChI=1S/C24H29N5/c1-17(2)23-26-21-16-29(22-9-5-7-18-6-3-4-8-19(18)22)13-10-20(21)24(27-23)28-14-11-25-12-15-28/h3-9,17,25H,10-16H2,1-2H3. The Bertz CT molecular complexity index is 1020. The predicted octanol–water partition coefficient (Wildman–Crippen LogP) is 3.73. The minimum atomic E-state index is 0.329. The van der Waals surface area contributed by atoms with Crippen molar-refractivity contribution in [3.8, 4) is 0 Å². The molecule has 0 bridgehead atoms. The number of benzene rings is 2. The summed E-state index contributed by atoms with van der Waals surface area (Å²) in [5.41, 5.74) is 3.87. The fourth-order valence-electron chi connectivity index (χ4n) is 4.52. The maximum absolute atomic E-state index is 5.03. The molecule has 0 spiro atoms. The fourth-order valence-corrected chi connectivity index (χ4v) is 4.52. The minimum Gasteiger partial charge on any atom is -0.365 e. The third-order valence-electron chi connectivity index (χ3n) is 6.10. The Morgan fingerprint density at radius 3 is 2.52 bits per heavy atom. The average Bonchev–Trinajstić information content (AvgIpc) is 2.78. The van der Waals surface area contributed by atoms with E-state index >= 15 is 0 Å². The van der Waals surface area contributed by atoms with Gasteiger partial charge in [0.25, 0.3) is 0 Å². The van der Waals surface area contributed by atoms with Gasteiger partial charge in [-0.1, -0.05) is 50.2 Å². The third-order valence-corrected chi connectivity index (χ3v) is 6.10. The summed E-state index contributed by atoms with van der Waals surface area (Å²) >= 11 is 0. The SMILES string of the molecule is CC(C)c1nc2c(c(N3CCNCC3)n1)CCN(c1cccc3ccccc13)C2. The molecule has 2 aliphatic rings. The molecule has 1 N–H and O–H groups in total. The number of hydrogen-bond acceptors (Lipinski definition) is 5. The van der Waals surface area contributed by atoms with Gasteiger partial charge in [0.15, 0.2) is 0 Å². The van der Waals surface area contributed by atoms with Gasteiger partial charge in [-0.2, -0.15) is 0 Å². The Morgan fingerprint density at radius 1 is 0.897 bits per heavy atom. The van der Waals surface area contributed by atoms with Crippen LogP contribution in [0.1, 0.15) is 36.8 Å². The van der Waals surface area contributed by atoms with Crippen LogP contribution in [0.5, 0.6) is 0 Å². The monoisotopic (exact) mass is 387 g/mol. The zero-order chi connectivity index (χ0) is 19.8. The first-order chi connectivity index (χ1) is 14.2. The number of nitrogens with zero attached hydrogens (tertiary/aromatic N) is 4. The highest BCUT2D eigenvalue weighted by Crippen LogP contribution is 2.33. The number of fused-ring (bicyclic) bond motifs is 2. The summed E-state index contributed by atoms with van der Waals surface area (Å²) in [4.78, 5) is 15.0. The lowest BCUT2D eigenvalue weighted by Gasteiger charge is -2.36. The lowest BCUT2D eigenvalue weighted by molar-refractivity contribution is 0.575. The topological polar surface area (TPSA) is 44.3 Å². The van der Waals surface area contributed by atoms with Crippen LogP contribution in [0.4, 0.5) is 11.5 Å². The molecular formula is C24H29N5. The van der Waals surface area contributed by atoms with E-state index in [2.05, 4.69) is 71.4 Å². The van der Waals surface area contributed by atoms with Crippen LogP contribution in [-0.4, -0.2) is 42.7 Å². The van der Waals surface area contributed by atoms with Crippen LogP contribution in [0.25, 0.3) is 10.8 Å². The van der Waals surface area contributed by atoms with Crippen LogP contribution in [-0.2, 0) is 13.0 Å². The van der Waals surface area contributed by atoms with Crippen molar-refractivity contribution >= 4 is 22.3 Å². The van der Waals surface area contributed by atoms with E-state index in [-0.39, 0.29) is 0 Å². The van der Waals surface area contributed by atoms with E-state index in [4.69, 9.17) is 9.97 Å². The van der Waals surface area contributed by atoms with Gasteiger partial charge in [0.2, 0.25) is 0 Å². The molecule has 150 valence electrons. The largest absolute Gasteiger partial charge is 0.365 e. The van der Waals surface area contributed by atoms with Gasteiger partial charge in [0.1, 0.15) is 11.6 Å². The summed E-state index contributed by atoms with van der Waals surface area (Å²) in [6.45, 7) is 10.3. The number of aromatic nitrogens is 2. The molecule has 0 amide bonds. The summed E-state index contributed by atoms with van der Waals surface area (Å²) in [7, 11) is 0. The summed E-state index contributed by atoms with van der Waals surface area (Å²) in [5.74, 6) is 2.48. The van der Waals surface area contributed by atoms with Gasteiger partial charge in [0, 0.05) is 55.3 Å². The molecule has 1 aromatic heterocycles. The van der Waals surface area contributed by atoms with Crippen molar-refractivity contribution in [2.45, 2.75) is 32.7 Å². The summed E-state index contributed by atoms with van der Waals surface area (Å²) in [6.07, 6.45) is 0.996. The van der Waals surface area contributed by atoms with Crippen molar-refractivity contribution in [3.63, 3.8) is 0 Å². The molecule has 2 aliphatic heterocycles. The second-order valence-corrected chi connectivity index (χ2v) is 8.39. The molecule has 3 aromatic rings. The van der Waals surface area contributed by atoms with Crippen molar-refractivity contribution in [1.82, 2.24) is 15.3 Å². The number of hydrogen-bond donors (Lipinski definition) is 1. The Balaban J connectivity index is 1.54. The molecule has 1 saturated heterocycles. The second kappa shape index (κ2) is 7.64. The van der Waals surface area contributed by atoms with E-state index in [9.17, 15) is 0 Å². The molecule has 0 saturated carbocycles. The van der Waals surface area contributed by atoms with E-state index in [1.54, 1.807) is 0 Å². The third kappa shape index (κ3) is 3.44. The van der Waals surface area contributed by atoms with Crippen molar-refractivity contribution in [2.24, 2.45) is 0 Å². The number of nitrogens with one attached hydrogen (secondary N) is 1. The van der Waals surface area contributed by atoms with Crippen LogP contribution < -0.4 is 15.1 Å². The van der Waals surface area contributed by atoms with Gasteiger partial charge in [-0.3, -0.25) is 0 Å². The highest BCUT2D eigenvalue weighted by molar-refractivity contribution is 5.94. The molecule has 0 radical (unpaired) electrons. The molecule has 3 heterocycles. The van der Waals surface area contributed by atoms with Crippen LogP contribution in [0.2, 0.25) is 0 Å². The summed E-state index contributed by atoms with van der Waals surface area (Å²) < 4.78 is 0. The molecule has 1 fully saturated rings. The first kappa shape index (κ1) is 18.4. The van der Waals surface area contributed by atoms with E-state index in [1.165, 1.54) is 33.5 Å². The lowest BCUT2D eigenvalue weighted by Crippen LogP contribution is -2.45. The van der Waals surface area contributed by atoms with Crippen LogP contribution in [0.3, 0.4) is 0 Å². The van der Waals surface area contributed by atoms with E-state index in [0.717, 1.165) is 51.5 Å². The van der Waals surface area contributed by atoms with Gasteiger partial charge < -0.3 is 15.1 Å². The average molecular weight is 388 g/mol. The fraction of sp³-hybridized carbons (Fsp3) is 0.417. The molecule has 5 heteroatoms. The first-order valence-corrected chi connectivity index (χ1v) is 10.8. The maximum Gasteiger partial charge on any atom is 0.136 e. The zero-order valence-corrected chi connectivity index (χ0v) is 17.4. The number of piperazine rings is 1. The van der Waals surface area contributed by atoms with E-state index in [0.29, 0.717) is 5.92 Å². The maximum atomic E-state index is 5.03. The Labute approximate surface area is 172 Å². The first-order valence-electron chi connectivity index (χ1n) is 10.8. The normalized spacial score (nSPS) is 17.1. The molecule has 5 nitrogen and oxygen atoms in total. The van der Waals surface area contributed by atoms with Gasteiger partial charge in [-0.15, -0.1) is 0 Å². The predicted molar refractivity (Wildman–Crippen MR) is 120 cm³/mol. The highest BCUT2D eigenvalue weighted by Gasteiger charge is 2.27. The zero-order valence-electron chi connectivity index (χ0n) is 17.4. The van der Waals surface area contributed by atoms with Crippen molar-refractivity contribution in [2.75, 3.05) is 42.5 Å². The molecule has 29 heavy (non-hydrogen) atoms. The Morgan fingerprint density at radius 2 is 1.69 bits per heavy atom. The van der Waals surface area contributed by atoms with Gasteiger partial charge in [-0.25, -0.2) is 9.97 Å². The number of rotatable bonds is 3.